The molecule has 0 aliphatic carbocycles. The van der Waals surface area contributed by atoms with Gasteiger partial charge < -0.3 is 15.0 Å². The van der Waals surface area contributed by atoms with Crippen LogP contribution in [0.15, 0.2) is 41.2 Å². The number of hydrogen-bond donors (Lipinski definition) is 2. The lowest BCUT2D eigenvalue weighted by Crippen LogP contribution is -2.38. The molecule has 4 aromatic rings. The molecule has 37 heavy (non-hydrogen) atoms. The van der Waals surface area contributed by atoms with Crippen LogP contribution in [0.4, 0.5) is 8.78 Å². The van der Waals surface area contributed by atoms with Crippen molar-refractivity contribution in [2.75, 3.05) is 13.2 Å². The SMILES string of the molecule is CC(C)(C)CNC(=O)Cn1nc(Cc2nc3cc(OCC(F)F)c(C#N)cc3[nH]2)c2ccccc2c1=O. The molecular formula is C26H26F2N6O3. The minimum atomic E-state index is -2.68. The largest absolute Gasteiger partial charge is 0.486 e. The van der Waals surface area contributed by atoms with Gasteiger partial charge in [-0.05, 0) is 17.5 Å². The van der Waals surface area contributed by atoms with Crippen LogP contribution in [0.2, 0.25) is 0 Å². The van der Waals surface area contributed by atoms with Gasteiger partial charge in [-0.2, -0.15) is 10.4 Å². The summed E-state index contributed by atoms with van der Waals surface area (Å²) in [4.78, 5) is 33.2. The molecule has 4 rings (SSSR count). The number of nitrogens with one attached hydrogen (secondary N) is 2. The highest BCUT2D eigenvalue weighted by atomic mass is 19.3. The van der Waals surface area contributed by atoms with Crippen LogP contribution < -0.4 is 15.6 Å². The fourth-order valence-corrected chi connectivity index (χ4v) is 3.79. The molecule has 2 aromatic heterocycles. The number of aromatic nitrogens is 4. The molecule has 192 valence electrons. The first kappa shape index (κ1) is 25.8. The molecule has 0 aliphatic heterocycles. The quantitative estimate of drug-likeness (QED) is 0.375. The summed E-state index contributed by atoms with van der Waals surface area (Å²) in [5, 5.41) is 17.7. The number of fused-ring (bicyclic) bond motifs is 2. The standard InChI is InChI=1S/C26H26F2N6O3/c1-26(2,3)14-30-24(35)12-34-25(36)17-7-5-4-6-16(17)18(33-34)10-23-31-19-8-15(11-29)21(9-20(19)32-23)37-13-22(27)28/h4-9,22H,10,12-14H2,1-3H3,(H,30,35)(H,31,32). The van der Waals surface area contributed by atoms with E-state index in [2.05, 4.69) is 20.4 Å². The molecule has 0 radical (unpaired) electrons. The molecule has 2 N–H and O–H groups in total. The van der Waals surface area contributed by atoms with Gasteiger partial charge in [0.25, 0.3) is 12.0 Å². The average Bonchev–Trinajstić information content (AvgIpc) is 3.24. The number of rotatable bonds is 8. The number of halogens is 2. The first-order chi connectivity index (χ1) is 17.5. The molecular weight excluding hydrogens is 482 g/mol. The van der Waals surface area contributed by atoms with Gasteiger partial charge in [-0.1, -0.05) is 39.0 Å². The van der Waals surface area contributed by atoms with Gasteiger partial charge in [0.05, 0.1) is 34.1 Å². The number of carbonyl (C=O) groups excluding carboxylic acids is 1. The number of hydrogen-bond acceptors (Lipinski definition) is 6. The maximum Gasteiger partial charge on any atom is 0.275 e. The highest BCUT2D eigenvalue weighted by Crippen LogP contribution is 2.26. The second kappa shape index (κ2) is 10.3. The Hall–Kier alpha value is -4.33. The Bertz CT molecular complexity index is 1560. The smallest absolute Gasteiger partial charge is 0.275 e. The summed E-state index contributed by atoms with van der Waals surface area (Å²) in [5.74, 6) is 0.173. The van der Waals surface area contributed by atoms with Crippen LogP contribution in [-0.2, 0) is 17.8 Å². The molecule has 0 unspecified atom stereocenters. The maximum absolute atomic E-state index is 13.0. The third-order valence-corrected chi connectivity index (χ3v) is 5.51. The number of benzene rings is 2. The van der Waals surface area contributed by atoms with E-state index in [1.165, 1.54) is 12.1 Å². The fraction of sp³-hybridized carbons (Fsp3) is 0.346. The van der Waals surface area contributed by atoms with E-state index in [9.17, 15) is 23.6 Å². The lowest BCUT2D eigenvalue weighted by Gasteiger charge is -2.19. The summed E-state index contributed by atoms with van der Waals surface area (Å²) in [6.45, 7) is 5.36. The fourth-order valence-electron chi connectivity index (χ4n) is 3.79. The Morgan fingerprint density at radius 2 is 1.97 bits per heavy atom. The van der Waals surface area contributed by atoms with E-state index in [0.717, 1.165) is 4.68 Å². The van der Waals surface area contributed by atoms with Crippen molar-refractivity contribution in [3.63, 3.8) is 0 Å². The number of nitriles is 1. The van der Waals surface area contributed by atoms with Crippen molar-refractivity contribution in [3.05, 3.63) is 63.8 Å². The van der Waals surface area contributed by atoms with Gasteiger partial charge >= 0.3 is 0 Å². The summed E-state index contributed by atoms with van der Waals surface area (Å²) < 4.78 is 31.4. The molecule has 0 saturated heterocycles. The van der Waals surface area contributed by atoms with Crippen LogP contribution in [0.3, 0.4) is 0 Å². The van der Waals surface area contributed by atoms with Gasteiger partial charge in [-0.25, -0.2) is 18.4 Å². The van der Waals surface area contributed by atoms with Gasteiger partial charge in [-0.15, -0.1) is 0 Å². The van der Waals surface area contributed by atoms with Crippen LogP contribution in [0.1, 0.15) is 37.9 Å². The van der Waals surface area contributed by atoms with E-state index >= 15 is 0 Å². The molecule has 0 spiro atoms. The number of ether oxygens (including phenoxy) is 1. The minimum Gasteiger partial charge on any atom is -0.486 e. The third-order valence-electron chi connectivity index (χ3n) is 5.51. The number of imidazole rings is 1. The van der Waals surface area contributed by atoms with Crippen LogP contribution in [-0.4, -0.2) is 45.2 Å². The Balaban J connectivity index is 1.68. The topological polar surface area (TPSA) is 126 Å². The van der Waals surface area contributed by atoms with Gasteiger partial charge in [-0.3, -0.25) is 9.59 Å². The van der Waals surface area contributed by atoms with Gasteiger partial charge in [0.2, 0.25) is 5.91 Å². The minimum absolute atomic E-state index is 0.0201. The number of aromatic amines is 1. The van der Waals surface area contributed by atoms with E-state index in [1.807, 2.05) is 26.8 Å². The average molecular weight is 509 g/mol. The molecule has 0 atom stereocenters. The zero-order valence-electron chi connectivity index (χ0n) is 20.6. The summed E-state index contributed by atoms with van der Waals surface area (Å²) >= 11 is 0. The number of alkyl halides is 2. The maximum atomic E-state index is 13.0. The summed E-state index contributed by atoms with van der Waals surface area (Å²) in [6.07, 6.45) is -2.49. The molecule has 0 saturated carbocycles. The monoisotopic (exact) mass is 508 g/mol. The summed E-state index contributed by atoms with van der Waals surface area (Å²) in [5.41, 5.74) is 1.08. The molecule has 11 heteroatoms. The van der Waals surface area contributed by atoms with E-state index < -0.39 is 13.0 Å². The molecule has 0 bridgehead atoms. The molecule has 2 aromatic carbocycles. The van der Waals surface area contributed by atoms with Gasteiger partial charge in [0.15, 0.2) is 0 Å². The molecule has 1 amide bonds. The van der Waals surface area contributed by atoms with Crippen molar-refractivity contribution >= 4 is 27.7 Å². The van der Waals surface area contributed by atoms with Crippen molar-refractivity contribution in [1.82, 2.24) is 25.1 Å². The van der Waals surface area contributed by atoms with Crippen LogP contribution >= 0.6 is 0 Å². The Morgan fingerprint density at radius 1 is 1.24 bits per heavy atom. The van der Waals surface area contributed by atoms with Gasteiger partial charge in [0, 0.05) is 18.0 Å². The van der Waals surface area contributed by atoms with E-state index in [0.29, 0.717) is 39.9 Å². The second-order valence-corrected chi connectivity index (χ2v) is 9.83. The van der Waals surface area contributed by atoms with Crippen molar-refractivity contribution in [2.45, 2.75) is 40.2 Å². The first-order valence-electron chi connectivity index (χ1n) is 11.6. The zero-order valence-corrected chi connectivity index (χ0v) is 20.6. The van der Waals surface area contributed by atoms with Crippen molar-refractivity contribution < 1.29 is 18.3 Å². The lowest BCUT2D eigenvalue weighted by atomic mass is 9.97. The highest BCUT2D eigenvalue weighted by molar-refractivity contribution is 5.85. The molecule has 2 heterocycles. The Morgan fingerprint density at radius 3 is 2.65 bits per heavy atom. The van der Waals surface area contributed by atoms with Crippen molar-refractivity contribution in [1.29, 1.82) is 5.26 Å². The van der Waals surface area contributed by atoms with Crippen LogP contribution in [0.25, 0.3) is 21.8 Å². The highest BCUT2D eigenvalue weighted by Gasteiger charge is 2.17. The lowest BCUT2D eigenvalue weighted by molar-refractivity contribution is -0.122. The predicted octanol–water partition coefficient (Wildman–Crippen LogP) is 3.54. The summed E-state index contributed by atoms with van der Waals surface area (Å²) in [6, 6.07) is 11.8. The van der Waals surface area contributed by atoms with Gasteiger partial charge in [0.1, 0.15) is 30.8 Å². The number of nitrogens with zero attached hydrogens (tertiary/aromatic N) is 4. The van der Waals surface area contributed by atoms with Crippen LogP contribution in [0.5, 0.6) is 5.75 Å². The van der Waals surface area contributed by atoms with E-state index in [1.54, 1.807) is 24.3 Å². The molecule has 0 aliphatic rings. The van der Waals surface area contributed by atoms with Crippen molar-refractivity contribution in [2.24, 2.45) is 5.41 Å². The molecule has 9 nitrogen and oxygen atoms in total. The number of carbonyl (C=O) groups is 1. The third kappa shape index (κ3) is 6.09. The van der Waals surface area contributed by atoms with Crippen LogP contribution in [0, 0.1) is 16.7 Å². The normalized spacial score (nSPS) is 11.7. The van der Waals surface area contributed by atoms with E-state index in [-0.39, 0.29) is 41.2 Å². The number of H-pyrrole nitrogens is 1. The second-order valence-electron chi connectivity index (χ2n) is 9.83. The Labute approximate surface area is 211 Å². The molecule has 0 fully saturated rings. The van der Waals surface area contributed by atoms with E-state index in [4.69, 9.17) is 4.74 Å². The predicted molar refractivity (Wildman–Crippen MR) is 134 cm³/mol. The summed E-state index contributed by atoms with van der Waals surface area (Å²) in [7, 11) is 0. The number of amides is 1. The van der Waals surface area contributed by atoms with Crippen molar-refractivity contribution in [3.8, 4) is 11.8 Å². The zero-order chi connectivity index (χ0) is 26.7. The first-order valence-corrected chi connectivity index (χ1v) is 11.6. The Kier molecular flexibility index (Phi) is 7.20.